The van der Waals surface area contributed by atoms with Crippen molar-refractivity contribution < 1.29 is 9.90 Å². The highest BCUT2D eigenvalue weighted by Crippen LogP contribution is 2.33. The Kier molecular flexibility index (Phi) is 3.19. The van der Waals surface area contributed by atoms with Crippen molar-refractivity contribution in [3.8, 4) is 5.75 Å². The minimum absolute atomic E-state index is 0.00426. The van der Waals surface area contributed by atoms with Gasteiger partial charge in [-0.15, -0.1) is 0 Å². The highest BCUT2D eigenvalue weighted by molar-refractivity contribution is 6.03. The van der Waals surface area contributed by atoms with Crippen LogP contribution in [0, 0.1) is 0 Å². The van der Waals surface area contributed by atoms with Crippen LogP contribution in [0.2, 0.25) is 0 Å². The van der Waals surface area contributed by atoms with Crippen LogP contribution in [0.3, 0.4) is 0 Å². The lowest BCUT2D eigenvalue weighted by Gasteiger charge is -2.24. The molecule has 0 aromatic heterocycles. The van der Waals surface area contributed by atoms with Crippen molar-refractivity contribution in [1.29, 1.82) is 0 Å². The molecule has 1 N–H and O–H groups in total. The molecule has 0 radical (unpaired) electrons. The van der Waals surface area contributed by atoms with Gasteiger partial charge in [0.25, 0.3) is 0 Å². The fourth-order valence-corrected chi connectivity index (χ4v) is 2.07. The van der Waals surface area contributed by atoms with Gasteiger partial charge in [-0.25, -0.2) is 0 Å². The molecule has 2 nitrogen and oxygen atoms in total. The zero-order valence-corrected chi connectivity index (χ0v) is 10.6. The Balaban J connectivity index is 2.44. The maximum absolute atomic E-state index is 12.5. The lowest BCUT2D eigenvalue weighted by atomic mass is 9.77. The number of carbonyl (C=O) groups is 1. The average molecular weight is 240 g/mol. The maximum atomic E-state index is 12.5. The van der Waals surface area contributed by atoms with E-state index in [9.17, 15) is 9.90 Å². The fourth-order valence-electron chi connectivity index (χ4n) is 2.07. The zero-order chi connectivity index (χ0) is 13.2. The third-order valence-electron chi connectivity index (χ3n) is 3.18. The molecule has 0 aliphatic heterocycles. The van der Waals surface area contributed by atoms with Gasteiger partial charge in [-0.1, -0.05) is 48.5 Å². The van der Waals surface area contributed by atoms with Crippen molar-refractivity contribution in [2.75, 3.05) is 0 Å². The summed E-state index contributed by atoms with van der Waals surface area (Å²) < 4.78 is 0. The topological polar surface area (TPSA) is 37.3 Å². The van der Waals surface area contributed by atoms with Crippen LogP contribution < -0.4 is 0 Å². The number of phenols is 1. The number of hydrogen-bond acceptors (Lipinski definition) is 2. The summed E-state index contributed by atoms with van der Waals surface area (Å²) in [4.78, 5) is 12.5. The molecule has 0 amide bonds. The van der Waals surface area contributed by atoms with E-state index in [1.807, 2.05) is 38.1 Å². The molecule has 0 unspecified atom stereocenters. The van der Waals surface area contributed by atoms with Crippen molar-refractivity contribution in [2.24, 2.45) is 0 Å². The van der Waals surface area contributed by atoms with Gasteiger partial charge in [0, 0.05) is 11.1 Å². The summed E-state index contributed by atoms with van der Waals surface area (Å²) in [5.41, 5.74) is 0.566. The molecule has 18 heavy (non-hydrogen) atoms. The van der Waals surface area contributed by atoms with Crippen LogP contribution in [0.4, 0.5) is 0 Å². The van der Waals surface area contributed by atoms with Gasteiger partial charge in [0.05, 0.1) is 5.41 Å². The smallest absolute Gasteiger partial charge is 0.172 e. The molecule has 2 aromatic rings. The number of para-hydroxylation sites is 1. The van der Waals surface area contributed by atoms with E-state index in [4.69, 9.17) is 0 Å². The second-order valence-corrected chi connectivity index (χ2v) is 4.84. The van der Waals surface area contributed by atoms with E-state index in [0.717, 1.165) is 0 Å². The molecule has 0 aliphatic rings. The van der Waals surface area contributed by atoms with Crippen LogP contribution >= 0.6 is 0 Å². The average Bonchev–Trinajstić information content (AvgIpc) is 2.39. The summed E-state index contributed by atoms with van der Waals surface area (Å²) in [5, 5.41) is 9.89. The molecule has 2 heteroatoms. The molecular weight excluding hydrogens is 224 g/mol. The van der Waals surface area contributed by atoms with E-state index in [-0.39, 0.29) is 11.5 Å². The molecule has 2 rings (SSSR count). The third kappa shape index (κ3) is 2.14. The third-order valence-corrected chi connectivity index (χ3v) is 3.18. The van der Waals surface area contributed by atoms with E-state index < -0.39 is 5.41 Å². The summed E-state index contributed by atoms with van der Waals surface area (Å²) in [7, 11) is 0. The van der Waals surface area contributed by atoms with Gasteiger partial charge in [-0.05, 0) is 19.9 Å². The van der Waals surface area contributed by atoms with Gasteiger partial charge in [0.2, 0.25) is 0 Å². The number of rotatable bonds is 3. The normalized spacial score (nSPS) is 11.2. The fraction of sp³-hybridized carbons (Fsp3) is 0.188. The Hall–Kier alpha value is -2.09. The molecule has 0 saturated carbocycles. The minimum Gasteiger partial charge on any atom is -0.508 e. The Morgan fingerprint density at radius 1 is 0.944 bits per heavy atom. The molecule has 0 heterocycles. The second-order valence-electron chi connectivity index (χ2n) is 4.84. The molecule has 0 spiro atoms. The standard InChI is InChI=1S/C16H16O2/c1-16(2,13-10-6-7-11-14(13)17)15(18)12-8-4-3-5-9-12/h3-11,17H,1-2H3. The van der Waals surface area contributed by atoms with Crippen molar-refractivity contribution >= 4 is 5.78 Å². The quantitative estimate of drug-likeness (QED) is 0.833. The summed E-state index contributed by atoms with van der Waals surface area (Å²) in [6, 6.07) is 16.1. The second kappa shape index (κ2) is 4.65. The molecular formula is C16H16O2. The van der Waals surface area contributed by atoms with Crippen LogP contribution in [-0.4, -0.2) is 10.9 Å². The van der Waals surface area contributed by atoms with Gasteiger partial charge >= 0.3 is 0 Å². The molecule has 0 fully saturated rings. The predicted molar refractivity (Wildman–Crippen MR) is 71.9 cm³/mol. The first-order valence-electron chi connectivity index (χ1n) is 5.92. The van der Waals surface area contributed by atoms with Crippen LogP contribution in [0.25, 0.3) is 0 Å². The molecule has 0 saturated heterocycles. The first kappa shape index (κ1) is 12.4. The van der Waals surface area contributed by atoms with E-state index in [2.05, 4.69) is 0 Å². The number of Topliss-reactive ketones (excluding diaryl/α,β-unsaturated/α-hetero) is 1. The Bertz CT molecular complexity index is 556. The first-order valence-corrected chi connectivity index (χ1v) is 5.92. The number of benzene rings is 2. The highest BCUT2D eigenvalue weighted by atomic mass is 16.3. The first-order chi connectivity index (χ1) is 8.53. The number of phenolic OH excluding ortho intramolecular Hbond substituents is 1. The highest BCUT2D eigenvalue weighted by Gasteiger charge is 2.32. The number of ketones is 1. The van der Waals surface area contributed by atoms with E-state index in [1.54, 1.807) is 30.3 Å². The van der Waals surface area contributed by atoms with Gasteiger partial charge in [-0.3, -0.25) is 4.79 Å². The van der Waals surface area contributed by atoms with Crippen molar-refractivity contribution in [1.82, 2.24) is 0 Å². The van der Waals surface area contributed by atoms with Gasteiger partial charge < -0.3 is 5.11 Å². The number of aromatic hydroxyl groups is 1. The van der Waals surface area contributed by atoms with Gasteiger partial charge in [-0.2, -0.15) is 0 Å². The van der Waals surface area contributed by atoms with Crippen LogP contribution in [0.1, 0.15) is 29.8 Å². The Morgan fingerprint density at radius 3 is 2.11 bits per heavy atom. The van der Waals surface area contributed by atoms with Crippen LogP contribution in [0.5, 0.6) is 5.75 Å². The lowest BCUT2D eigenvalue weighted by Crippen LogP contribution is -2.29. The Labute approximate surface area is 107 Å². The molecule has 2 aromatic carbocycles. The molecule has 0 aliphatic carbocycles. The largest absolute Gasteiger partial charge is 0.508 e. The monoisotopic (exact) mass is 240 g/mol. The Morgan fingerprint density at radius 2 is 1.50 bits per heavy atom. The summed E-state index contributed by atoms with van der Waals surface area (Å²) in [5.74, 6) is 0.163. The summed E-state index contributed by atoms with van der Waals surface area (Å²) in [6.45, 7) is 3.66. The van der Waals surface area contributed by atoms with Crippen molar-refractivity contribution in [3.05, 3.63) is 65.7 Å². The summed E-state index contributed by atoms with van der Waals surface area (Å²) >= 11 is 0. The summed E-state index contributed by atoms with van der Waals surface area (Å²) in [6.07, 6.45) is 0. The zero-order valence-electron chi connectivity index (χ0n) is 10.6. The lowest BCUT2D eigenvalue weighted by molar-refractivity contribution is 0.0906. The molecule has 0 bridgehead atoms. The van der Waals surface area contributed by atoms with Gasteiger partial charge in [0.15, 0.2) is 5.78 Å². The van der Waals surface area contributed by atoms with Gasteiger partial charge in [0.1, 0.15) is 5.75 Å². The molecule has 92 valence electrons. The number of carbonyl (C=O) groups excluding carboxylic acids is 1. The van der Waals surface area contributed by atoms with Crippen LogP contribution in [-0.2, 0) is 5.41 Å². The van der Waals surface area contributed by atoms with Crippen molar-refractivity contribution in [3.63, 3.8) is 0 Å². The van der Waals surface area contributed by atoms with E-state index in [1.165, 1.54) is 0 Å². The SMILES string of the molecule is CC(C)(C(=O)c1ccccc1)c1ccccc1O. The number of hydrogen-bond donors (Lipinski definition) is 1. The van der Waals surface area contributed by atoms with E-state index in [0.29, 0.717) is 11.1 Å². The van der Waals surface area contributed by atoms with E-state index >= 15 is 0 Å². The predicted octanol–water partition coefficient (Wildman–Crippen LogP) is 3.55. The minimum atomic E-state index is -0.743. The maximum Gasteiger partial charge on any atom is 0.172 e. The molecule has 0 atom stereocenters. The van der Waals surface area contributed by atoms with Crippen LogP contribution in [0.15, 0.2) is 54.6 Å². The van der Waals surface area contributed by atoms with Crippen molar-refractivity contribution in [2.45, 2.75) is 19.3 Å².